The summed E-state index contributed by atoms with van der Waals surface area (Å²) in [6.07, 6.45) is 1.53. The zero-order valence-corrected chi connectivity index (χ0v) is 12.8. The maximum absolute atomic E-state index is 8.70. The van der Waals surface area contributed by atoms with Crippen molar-refractivity contribution < 1.29 is 0 Å². The van der Waals surface area contributed by atoms with Gasteiger partial charge < -0.3 is 5.32 Å². The molecule has 110 valence electrons. The van der Waals surface area contributed by atoms with Crippen molar-refractivity contribution in [2.24, 2.45) is 0 Å². The lowest BCUT2D eigenvalue weighted by Crippen LogP contribution is -2.20. The topological polar surface area (TPSA) is 66.5 Å². The van der Waals surface area contributed by atoms with E-state index in [9.17, 15) is 0 Å². The number of aromatic nitrogens is 3. The van der Waals surface area contributed by atoms with Crippen LogP contribution in [0, 0.1) is 18.3 Å². The fourth-order valence-electron chi connectivity index (χ4n) is 2.29. The van der Waals surface area contributed by atoms with E-state index in [1.54, 1.807) is 0 Å². The number of hydrogen-bond acceptors (Lipinski definition) is 4. The average molecular weight is 283 g/mol. The number of nitrogens with one attached hydrogen (secondary N) is 1. The highest BCUT2D eigenvalue weighted by atomic mass is 15.4. The third-order valence-electron chi connectivity index (χ3n) is 3.51. The van der Waals surface area contributed by atoms with E-state index in [1.165, 1.54) is 0 Å². The summed E-state index contributed by atoms with van der Waals surface area (Å²) in [5.41, 5.74) is 4.00. The van der Waals surface area contributed by atoms with Crippen LogP contribution < -0.4 is 5.32 Å². The molecule has 0 aliphatic rings. The van der Waals surface area contributed by atoms with E-state index in [0.29, 0.717) is 6.42 Å². The molecule has 2 rings (SSSR count). The molecule has 0 aliphatic carbocycles. The second-order valence-electron chi connectivity index (χ2n) is 5.15. The molecule has 1 atom stereocenters. The normalized spacial score (nSPS) is 12.1. The summed E-state index contributed by atoms with van der Waals surface area (Å²) in [6, 6.07) is 10.2. The summed E-state index contributed by atoms with van der Waals surface area (Å²) in [5.74, 6) is 0. The molecule has 0 bridgehead atoms. The monoisotopic (exact) mass is 283 g/mol. The molecule has 5 nitrogen and oxygen atoms in total. The summed E-state index contributed by atoms with van der Waals surface area (Å²) < 4.78 is 1.84. The predicted molar refractivity (Wildman–Crippen MR) is 82.1 cm³/mol. The largest absolute Gasteiger partial charge is 0.309 e. The van der Waals surface area contributed by atoms with Gasteiger partial charge in [0.15, 0.2) is 0 Å². The van der Waals surface area contributed by atoms with Crippen molar-refractivity contribution in [2.75, 3.05) is 6.54 Å². The Hall–Kier alpha value is -2.19. The Bertz CT molecular complexity index is 621. The van der Waals surface area contributed by atoms with Gasteiger partial charge >= 0.3 is 0 Å². The van der Waals surface area contributed by atoms with Crippen LogP contribution in [-0.4, -0.2) is 21.5 Å². The zero-order chi connectivity index (χ0) is 15.2. The highest BCUT2D eigenvalue weighted by Gasteiger charge is 2.15. The average Bonchev–Trinajstić information content (AvgIpc) is 2.88. The molecule has 0 saturated carbocycles. The van der Waals surface area contributed by atoms with Crippen LogP contribution in [0.5, 0.6) is 0 Å². The molecule has 5 heteroatoms. The van der Waals surface area contributed by atoms with E-state index in [1.807, 2.05) is 35.9 Å². The van der Waals surface area contributed by atoms with Gasteiger partial charge in [-0.2, -0.15) is 5.26 Å². The minimum atomic E-state index is 0.191. The van der Waals surface area contributed by atoms with E-state index in [-0.39, 0.29) is 6.04 Å². The molecule has 1 N–H and O–H groups in total. The Balaban J connectivity index is 2.21. The van der Waals surface area contributed by atoms with Crippen LogP contribution in [0.2, 0.25) is 0 Å². The van der Waals surface area contributed by atoms with Gasteiger partial charge in [-0.1, -0.05) is 24.3 Å². The summed E-state index contributed by atoms with van der Waals surface area (Å²) in [5, 5.41) is 20.7. The molecule has 0 aliphatic heterocycles. The number of nitrogens with zero attached hydrogens (tertiary/aromatic N) is 4. The number of benzene rings is 1. The molecule has 21 heavy (non-hydrogen) atoms. The molecule has 0 spiro atoms. The second kappa shape index (κ2) is 7.00. The first-order valence-electron chi connectivity index (χ1n) is 7.29. The van der Waals surface area contributed by atoms with Crippen LogP contribution >= 0.6 is 0 Å². The first kappa shape index (κ1) is 15.2. The molecule has 0 radical (unpaired) electrons. The Morgan fingerprint density at radius 2 is 2.05 bits per heavy atom. The number of hydrogen-bond donors (Lipinski definition) is 1. The standard InChI is InChI=1S/C16H21N5/c1-4-11-18-12(2)16-13(3)21(20-19-16)15-7-5-14(6-8-15)9-10-17/h5-8,12,18H,4,9,11H2,1-3H3. The van der Waals surface area contributed by atoms with Crippen LogP contribution in [0.3, 0.4) is 0 Å². The van der Waals surface area contributed by atoms with Crippen molar-refractivity contribution in [3.8, 4) is 11.8 Å². The molecule has 1 heterocycles. The summed E-state index contributed by atoms with van der Waals surface area (Å²) in [6.45, 7) is 7.25. The van der Waals surface area contributed by atoms with Gasteiger partial charge in [0, 0.05) is 0 Å². The lowest BCUT2D eigenvalue weighted by molar-refractivity contribution is 0.555. The highest BCUT2D eigenvalue weighted by molar-refractivity contribution is 5.36. The lowest BCUT2D eigenvalue weighted by Gasteiger charge is -2.11. The van der Waals surface area contributed by atoms with Crippen LogP contribution in [0.4, 0.5) is 0 Å². The Kier molecular flexibility index (Phi) is 5.07. The highest BCUT2D eigenvalue weighted by Crippen LogP contribution is 2.18. The van der Waals surface area contributed by atoms with Gasteiger partial charge in [-0.15, -0.1) is 5.10 Å². The molecule has 1 unspecified atom stereocenters. The molecular formula is C16H21N5. The first-order valence-corrected chi connectivity index (χ1v) is 7.29. The van der Waals surface area contributed by atoms with Gasteiger partial charge in [-0.05, 0) is 44.5 Å². The quantitative estimate of drug-likeness (QED) is 0.885. The van der Waals surface area contributed by atoms with Crippen molar-refractivity contribution in [1.29, 1.82) is 5.26 Å². The molecule has 2 aromatic rings. The molecule has 0 fully saturated rings. The van der Waals surface area contributed by atoms with Gasteiger partial charge in [0.25, 0.3) is 0 Å². The minimum absolute atomic E-state index is 0.191. The van der Waals surface area contributed by atoms with E-state index in [4.69, 9.17) is 5.26 Å². The maximum Gasteiger partial charge on any atom is 0.103 e. The zero-order valence-electron chi connectivity index (χ0n) is 12.8. The molecule has 1 aromatic heterocycles. The van der Waals surface area contributed by atoms with Crippen molar-refractivity contribution >= 4 is 0 Å². The third-order valence-corrected chi connectivity index (χ3v) is 3.51. The summed E-state index contributed by atoms with van der Waals surface area (Å²) in [7, 11) is 0. The van der Waals surface area contributed by atoms with Gasteiger partial charge in [0.2, 0.25) is 0 Å². The SMILES string of the molecule is CCCNC(C)c1nnn(-c2ccc(CC#N)cc2)c1C. The van der Waals surface area contributed by atoms with Crippen molar-refractivity contribution in [3.05, 3.63) is 41.2 Å². The van der Waals surface area contributed by atoms with E-state index in [2.05, 4.69) is 35.5 Å². The lowest BCUT2D eigenvalue weighted by atomic mass is 10.1. The first-order chi connectivity index (χ1) is 10.2. The fraction of sp³-hybridized carbons (Fsp3) is 0.438. The Morgan fingerprint density at radius 1 is 1.33 bits per heavy atom. The smallest absolute Gasteiger partial charge is 0.103 e. The van der Waals surface area contributed by atoms with Crippen LogP contribution in [0.1, 0.15) is 43.3 Å². The predicted octanol–water partition coefficient (Wildman–Crippen LogP) is 2.70. The van der Waals surface area contributed by atoms with Crippen molar-refractivity contribution in [1.82, 2.24) is 20.3 Å². The molecule has 1 aromatic carbocycles. The summed E-state index contributed by atoms with van der Waals surface area (Å²) >= 11 is 0. The minimum Gasteiger partial charge on any atom is -0.309 e. The fourth-order valence-corrected chi connectivity index (χ4v) is 2.29. The third kappa shape index (κ3) is 3.47. The van der Waals surface area contributed by atoms with Gasteiger partial charge in [0.05, 0.1) is 29.9 Å². The molecular weight excluding hydrogens is 262 g/mol. The number of nitriles is 1. The van der Waals surface area contributed by atoms with Gasteiger partial charge in [-0.3, -0.25) is 0 Å². The maximum atomic E-state index is 8.70. The van der Waals surface area contributed by atoms with Gasteiger partial charge in [0.1, 0.15) is 5.69 Å². The van der Waals surface area contributed by atoms with Crippen LogP contribution in [-0.2, 0) is 6.42 Å². The van der Waals surface area contributed by atoms with Crippen molar-refractivity contribution in [3.63, 3.8) is 0 Å². The Morgan fingerprint density at radius 3 is 2.67 bits per heavy atom. The number of rotatable bonds is 6. The summed E-state index contributed by atoms with van der Waals surface area (Å²) in [4.78, 5) is 0. The van der Waals surface area contributed by atoms with Crippen LogP contribution in [0.25, 0.3) is 5.69 Å². The van der Waals surface area contributed by atoms with Gasteiger partial charge in [-0.25, -0.2) is 4.68 Å². The van der Waals surface area contributed by atoms with E-state index >= 15 is 0 Å². The molecule has 0 saturated heterocycles. The molecule has 0 amide bonds. The van der Waals surface area contributed by atoms with E-state index in [0.717, 1.165) is 35.6 Å². The Labute approximate surface area is 125 Å². The van der Waals surface area contributed by atoms with Crippen molar-refractivity contribution in [2.45, 2.75) is 39.7 Å². The van der Waals surface area contributed by atoms with Crippen LogP contribution in [0.15, 0.2) is 24.3 Å². The van der Waals surface area contributed by atoms with E-state index < -0.39 is 0 Å². The second-order valence-corrected chi connectivity index (χ2v) is 5.15.